The van der Waals surface area contributed by atoms with Crippen LogP contribution >= 0.6 is 0 Å². The molecule has 0 aliphatic rings. The van der Waals surface area contributed by atoms with E-state index in [1.165, 1.54) is 4.68 Å². The molecule has 0 fully saturated rings. The van der Waals surface area contributed by atoms with Gasteiger partial charge in [0.25, 0.3) is 11.5 Å². The van der Waals surface area contributed by atoms with E-state index in [1.807, 2.05) is 51.1 Å². The fourth-order valence-corrected chi connectivity index (χ4v) is 3.40. The Morgan fingerprint density at radius 2 is 1.65 bits per heavy atom. The van der Waals surface area contributed by atoms with Crippen molar-refractivity contribution in [3.8, 4) is 5.69 Å². The second-order valence-corrected chi connectivity index (χ2v) is 8.99. The van der Waals surface area contributed by atoms with E-state index in [9.17, 15) is 9.59 Å². The van der Waals surface area contributed by atoms with Crippen LogP contribution in [0.1, 0.15) is 66.0 Å². The predicted molar refractivity (Wildman–Crippen MR) is 125 cm³/mol. The summed E-state index contributed by atoms with van der Waals surface area (Å²) in [7, 11) is 0. The molecule has 6 heteroatoms. The Labute approximate surface area is 183 Å². The molecule has 31 heavy (non-hydrogen) atoms. The smallest absolute Gasteiger partial charge is 0.280 e. The summed E-state index contributed by atoms with van der Waals surface area (Å²) >= 11 is 0. The molecule has 0 aliphatic carbocycles. The van der Waals surface area contributed by atoms with Gasteiger partial charge in [0.05, 0.1) is 17.0 Å². The number of carbonyl (C=O) groups excluding carboxylic acids is 1. The van der Waals surface area contributed by atoms with Crippen LogP contribution in [0.15, 0.2) is 52.4 Å². The second-order valence-electron chi connectivity index (χ2n) is 8.99. The maximum absolute atomic E-state index is 13.0. The van der Waals surface area contributed by atoms with Gasteiger partial charge in [-0.1, -0.05) is 39.0 Å². The second kappa shape index (κ2) is 8.38. The van der Waals surface area contributed by atoms with E-state index in [0.717, 1.165) is 22.4 Å². The minimum Gasteiger partial charge on any atom is -0.295 e. The van der Waals surface area contributed by atoms with Crippen molar-refractivity contribution in [2.75, 3.05) is 0 Å². The zero-order valence-corrected chi connectivity index (χ0v) is 19.3. The molecule has 1 heterocycles. The summed E-state index contributed by atoms with van der Waals surface area (Å²) in [6.45, 7) is 13.9. The number of aromatic nitrogens is 2. The molecule has 1 aromatic heterocycles. The highest BCUT2D eigenvalue weighted by atomic mass is 16.2. The van der Waals surface area contributed by atoms with Gasteiger partial charge >= 0.3 is 0 Å². The van der Waals surface area contributed by atoms with E-state index in [0.29, 0.717) is 22.5 Å². The molecule has 0 unspecified atom stereocenters. The average molecular weight is 419 g/mol. The van der Waals surface area contributed by atoms with Crippen molar-refractivity contribution >= 4 is 11.6 Å². The predicted octanol–water partition coefficient (Wildman–Crippen LogP) is 4.54. The van der Waals surface area contributed by atoms with E-state index in [2.05, 4.69) is 36.4 Å². The normalized spacial score (nSPS) is 12.2. The summed E-state index contributed by atoms with van der Waals surface area (Å²) in [6.07, 6.45) is 0. The first-order chi connectivity index (χ1) is 14.5. The van der Waals surface area contributed by atoms with Crippen molar-refractivity contribution in [1.82, 2.24) is 15.2 Å². The van der Waals surface area contributed by atoms with Gasteiger partial charge in [-0.15, -0.1) is 0 Å². The van der Waals surface area contributed by atoms with Crippen LogP contribution in [-0.4, -0.2) is 21.4 Å². The zero-order chi connectivity index (χ0) is 22.9. The lowest BCUT2D eigenvalue weighted by Gasteiger charge is -2.18. The average Bonchev–Trinajstić information content (AvgIpc) is 3.01. The summed E-state index contributed by atoms with van der Waals surface area (Å²) in [4.78, 5) is 25.5. The van der Waals surface area contributed by atoms with Crippen LogP contribution in [0, 0.1) is 20.8 Å². The largest absolute Gasteiger partial charge is 0.295 e. The third-order valence-electron chi connectivity index (χ3n) is 5.52. The molecule has 0 aliphatic heterocycles. The fraction of sp³-hybridized carbons (Fsp3) is 0.320. The van der Waals surface area contributed by atoms with Gasteiger partial charge in [-0.2, -0.15) is 5.10 Å². The van der Waals surface area contributed by atoms with Crippen molar-refractivity contribution in [2.24, 2.45) is 5.10 Å². The zero-order valence-electron chi connectivity index (χ0n) is 19.3. The van der Waals surface area contributed by atoms with Crippen LogP contribution in [0.2, 0.25) is 0 Å². The molecule has 2 N–H and O–H groups in total. The Hall–Kier alpha value is -3.41. The van der Waals surface area contributed by atoms with Crippen LogP contribution in [0.3, 0.4) is 0 Å². The van der Waals surface area contributed by atoms with Gasteiger partial charge in [0.15, 0.2) is 0 Å². The highest BCUT2D eigenvalue weighted by Gasteiger charge is 2.17. The number of amides is 1. The molecule has 1 amide bonds. The molecule has 162 valence electrons. The van der Waals surface area contributed by atoms with Crippen molar-refractivity contribution in [2.45, 2.75) is 53.9 Å². The van der Waals surface area contributed by atoms with Crippen LogP contribution in [0.25, 0.3) is 5.69 Å². The molecule has 0 radical (unpaired) electrons. The first-order valence-electron chi connectivity index (χ1n) is 10.3. The van der Waals surface area contributed by atoms with E-state index < -0.39 is 0 Å². The monoisotopic (exact) mass is 418 g/mol. The highest BCUT2D eigenvalue weighted by molar-refractivity contribution is 6.01. The Morgan fingerprint density at radius 1 is 1.00 bits per heavy atom. The molecule has 3 rings (SSSR count). The topological polar surface area (TPSA) is 79.2 Å². The lowest BCUT2D eigenvalue weighted by Crippen LogP contribution is -2.23. The van der Waals surface area contributed by atoms with Gasteiger partial charge in [0, 0.05) is 11.3 Å². The third-order valence-corrected chi connectivity index (χ3v) is 5.52. The summed E-state index contributed by atoms with van der Waals surface area (Å²) in [6, 6.07) is 13.3. The fourth-order valence-electron chi connectivity index (χ4n) is 3.40. The van der Waals surface area contributed by atoms with E-state index in [1.54, 1.807) is 19.1 Å². The van der Waals surface area contributed by atoms with E-state index in [-0.39, 0.29) is 16.9 Å². The first kappa shape index (κ1) is 22.3. The summed E-state index contributed by atoms with van der Waals surface area (Å²) < 4.78 is 1.50. The minimum atomic E-state index is -0.317. The van der Waals surface area contributed by atoms with Gasteiger partial charge in [0.2, 0.25) is 0 Å². The molecular weight excluding hydrogens is 388 g/mol. The summed E-state index contributed by atoms with van der Waals surface area (Å²) in [5.41, 5.74) is 8.66. The molecule has 0 bridgehead atoms. The molecule has 0 saturated heterocycles. The summed E-state index contributed by atoms with van der Waals surface area (Å²) in [5.74, 6) is -0.317. The van der Waals surface area contributed by atoms with Gasteiger partial charge < -0.3 is 0 Å². The number of H-pyrrole nitrogens is 1. The summed E-state index contributed by atoms with van der Waals surface area (Å²) in [5, 5.41) is 7.29. The van der Waals surface area contributed by atoms with Gasteiger partial charge in [-0.25, -0.2) is 10.1 Å². The standard InChI is InChI=1S/C25H30N4O2/c1-15-8-13-21(14-16(15)2)29-24(31)22(18(4)28-29)17(3)26-27-23(30)19-9-11-20(12-10-19)25(5,6)7/h8-14,28H,1-7H3,(H,27,30)/b26-17-. The van der Waals surface area contributed by atoms with Gasteiger partial charge in [0.1, 0.15) is 0 Å². The van der Waals surface area contributed by atoms with Crippen molar-refractivity contribution < 1.29 is 4.79 Å². The van der Waals surface area contributed by atoms with E-state index >= 15 is 0 Å². The molecule has 6 nitrogen and oxygen atoms in total. The quantitative estimate of drug-likeness (QED) is 0.482. The number of rotatable bonds is 4. The highest BCUT2D eigenvalue weighted by Crippen LogP contribution is 2.22. The molecular formula is C25H30N4O2. The molecule has 0 atom stereocenters. The Kier molecular flexibility index (Phi) is 6.02. The first-order valence-corrected chi connectivity index (χ1v) is 10.3. The Morgan fingerprint density at radius 3 is 2.23 bits per heavy atom. The van der Waals surface area contributed by atoms with E-state index in [4.69, 9.17) is 0 Å². The maximum Gasteiger partial charge on any atom is 0.280 e. The number of hydrogen-bond donors (Lipinski definition) is 2. The number of nitrogens with one attached hydrogen (secondary N) is 2. The number of aromatic amines is 1. The lowest BCUT2D eigenvalue weighted by atomic mass is 9.87. The third kappa shape index (κ3) is 4.68. The number of aryl methyl sites for hydroxylation is 3. The maximum atomic E-state index is 13.0. The van der Waals surface area contributed by atoms with Crippen LogP contribution in [0.4, 0.5) is 0 Å². The minimum absolute atomic E-state index is 0.0193. The van der Waals surface area contributed by atoms with Crippen LogP contribution in [0.5, 0.6) is 0 Å². The van der Waals surface area contributed by atoms with Crippen molar-refractivity contribution in [1.29, 1.82) is 0 Å². The van der Waals surface area contributed by atoms with Crippen molar-refractivity contribution in [3.05, 3.63) is 86.3 Å². The number of hydrogen-bond acceptors (Lipinski definition) is 3. The molecule has 2 aromatic carbocycles. The Balaban J connectivity index is 1.83. The van der Waals surface area contributed by atoms with Crippen LogP contribution < -0.4 is 11.0 Å². The number of benzene rings is 2. The Bertz CT molecular complexity index is 1210. The van der Waals surface area contributed by atoms with Gasteiger partial charge in [-0.05, 0) is 74.1 Å². The number of nitrogens with zero attached hydrogens (tertiary/aromatic N) is 2. The van der Waals surface area contributed by atoms with Crippen LogP contribution in [-0.2, 0) is 5.41 Å². The molecule has 0 spiro atoms. The number of hydrazone groups is 1. The van der Waals surface area contributed by atoms with Gasteiger partial charge in [-0.3, -0.25) is 14.7 Å². The molecule has 0 saturated carbocycles. The number of carbonyl (C=O) groups is 1. The lowest BCUT2D eigenvalue weighted by molar-refractivity contribution is 0.0954. The van der Waals surface area contributed by atoms with Crippen molar-refractivity contribution in [3.63, 3.8) is 0 Å². The SMILES string of the molecule is C/C(=N/NC(=O)c1ccc(C(C)(C)C)cc1)c1c(C)[nH]n(-c2ccc(C)c(C)c2)c1=O. The molecule has 3 aromatic rings.